The van der Waals surface area contributed by atoms with Crippen molar-refractivity contribution in [2.24, 2.45) is 0 Å². The van der Waals surface area contributed by atoms with Crippen molar-refractivity contribution in [3.05, 3.63) is 5.82 Å². The fraction of sp³-hybridized carbons (Fsp3) is 0.727. The molecule has 1 amide bonds. The third-order valence-electron chi connectivity index (χ3n) is 2.26. The van der Waals surface area contributed by atoms with E-state index in [9.17, 15) is 4.79 Å². The summed E-state index contributed by atoms with van der Waals surface area (Å²) in [5.74, 6) is 1.20. The van der Waals surface area contributed by atoms with E-state index in [4.69, 9.17) is 0 Å². The van der Waals surface area contributed by atoms with E-state index < -0.39 is 0 Å². The highest BCUT2D eigenvalue weighted by Gasteiger charge is 2.05. The van der Waals surface area contributed by atoms with Crippen LogP contribution >= 0.6 is 11.8 Å². The molecule has 1 aromatic heterocycles. The van der Waals surface area contributed by atoms with E-state index in [1.54, 1.807) is 0 Å². The molecule has 1 aromatic rings. The largest absolute Gasteiger partial charge is 0.355 e. The molecule has 6 heteroatoms. The van der Waals surface area contributed by atoms with Gasteiger partial charge in [0.15, 0.2) is 0 Å². The lowest BCUT2D eigenvalue weighted by Gasteiger charge is -2.03. The van der Waals surface area contributed by atoms with Crippen LogP contribution in [-0.2, 0) is 4.79 Å². The van der Waals surface area contributed by atoms with Gasteiger partial charge >= 0.3 is 0 Å². The van der Waals surface area contributed by atoms with Crippen molar-refractivity contribution >= 4 is 17.7 Å². The van der Waals surface area contributed by atoms with E-state index in [1.807, 2.05) is 6.92 Å². The smallest absolute Gasteiger partial charge is 0.230 e. The van der Waals surface area contributed by atoms with Crippen molar-refractivity contribution in [2.45, 2.75) is 44.7 Å². The molecule has 0 aliphatic carbocycles. The second-order valence-corrected chi connectivity index (χ2v) is 4.85. The Morgan fingerprint density at radius 2 is 2.24 bits per heavy atom. The lowest BCUT2D eigenvalue weighted by atomic mass is 10.2. The summed E-state index contributed by atoms with van der Waals surface area (Å²) < 4.78 is 0. The molecule has 0 aromatic carbocycles. The van der Waals surface area contributed by atoms with E-state index in [0.717, 1.165) is 18.8 Å². The topological polar surface area (TPSA) is 70.7 Å². The number of unbranched alkanes of at least 4 members (excludes halogenated alkanes) is 3. The number of H-pyrrole nitrogens is 1. The Kier molecular flexibility index (Phi) is 6.69. The van der Waals surface area contributed by atoms with E-state index in [0.29, 0.717) is 10.9 Å². The Morgan fingerprint density at radius 1 is 1.41 bits per heavy atom. The molecule has 0 saturated heterocycles. The van der Waals surface area contributed by atoms with Crippen molar-refractivity contribution in [3.8, 4) is 0 Å². The number of nitrogens with one attached hydrogen (secondary N) is 2. The van der Waals surface area contributed by atoms with Crippen LogP contribution < -0.4 is 5.32 Å². The van der Waals surface area contributed by atoms with Gasteiger partial charge in [-0.3, -0.25) is 9.89 Å². The Bertz CT molecular complexity index is 340. The van der Waals surface area contributed by atoms with Crippen LogP contribution in [0.2, 0.25) is 0 Å². The number of rotatable bonds is 8. The molecule has 1 heterocycles. The summed E-state index contributed by atoms with van der Waals surface area (Å²) in [4.78, 5) is 15.6. The molecule has 1 rings (SSSR count). The van der Waals surface area contributed by atoms with Gasteiger partial charge in [0.2, 0.25) is 11.1 Å². The average molecular weight is 256 g/mol. The third-order valence-corrected chi connectivity index (χ3v) is 3.11. The minimum Gasteiger partial charge on any atom is -0.355 e. The van der Waals surface area contributed by atoms with Crippen molar-refractivity contribution in [1.29, 1.82) is 0 Å². The number of carbonyl (C=O) groups excluding carboxylic acids is 1. The number of hydrogen-bond acceptors (Lipinski definition) is 4. The first-order chi connectivity index (χ1) is 8.22. The SMILES string of the molecule is CCCCCCNC(=O)CSc1n[nH]c(C)n1. The van der Waals surface area contributed by atoms with Crippen molar-refractivity contribution < 1.29 is 4.79 Å². The van der Waals surface area contributed by atoms with Gasteiger partial charge in [-0.05, 0) is 13.3 Å². The third kappa shape index (κ3) is 6.31. The zero-order valence-electron chi connectivity index (χ0n) is 10.5. The minimum atomic E-state index is 0.0500. The molecule has 0 aliphatic heterocycles. The number of carbonyl (C=O) groups is 1. The highest BCUT2D eigenvalue weighted by molar-refractivity contribution is 7.99. The number of aromatic amines is 1. The molecule has 0 saturated carbocycles. The lowest BCUT2D eigenvalue weighted by molar-refractivity contribution is -0.118. The molecule has 0 aliphatic rings. The number of thioether (sulfide) groups is 1. The van der Waals surface area contributed by atoms with Crippen LogP contribution in [0.15, 0.2) is 5.16 Å². The molecule has 17 heavy (non-hydrogen) atoms. The van der Waals surface area contributed by atoms with Crippen LogP contribution in [0, 0.1) is 6.92 Å². The van der Waals surface area contributed by atoms with Gasteiger partial charge in [0.25, 0.3) is 0 Å². The maximum absolute atomic E-state index is 11.5. The molecule has 0 fully saturated rings. The first kappa shape index (κ1) is 14.0. The van der Waals surface area contributed by atoms with Crippen LogP contribution in [0.4, 0.5) is 0 Å². The molecule has 96 valence electrons. The molecule has 0 unspecified atom stereocenters. The fourth-order valence-corrected chi connectivity index (χ4v) is 2.02. The van der Waals surface area contributed by atoms with Gasteiger partial charge in [-0.2, -0.15) is 0 Å². The van der Waals surface area contributed by atoms with Crippen LogP contribution in [0.5, 0.6) is 0 Å². The first-order valence-electron chi connectivity index (χ1n) is 6.01. The summed E-state index contributed by atoms with van der Waals surface area (Å²) in [7, 11) is 0. The van der Waals surface area contributed by atoms with Gasteiger partial charge in [0.1, 0.15) is 5.82 Å². The Labute approximate surface area is 106 Å². The van der Waals surface area contributed by atoms with Gasteiger partial charge in [0, 0.05) is 6.54 Å². The number of aryl methyl sites for hydroxylation is 1. The Morgan fingerprint density at radius 3 is 2.88 bits per heavy atom. The van der Waals surface area contributed by atoms with E-state index >= 15 is 0 Å². The number of aromatic nitrogens is 3. The molecule has 0 spiro atoms. The van der Waals surface area contributed by atoms with E-state index in [2.05, 4.69) is 27.4 Å². The second kappa shape index (κ2) is 8.11. The molecular formula is C11H20N4OS. The van der Waals surface area contributed by atoms with E-state index in [-0.39, 0.29) is 5.91 Å². The summed E-state index contributed by atoms with van der Waals surface area (Å²) in [6, 6.07) is 0. The summed E-state index contributed by atoms with van der Waals surface area (Å²) in [6.45, 7) is 4.78. The summed E-state index contributed by atoms with van der Waals surface area (Å²) >= 11 is 1.35. The maximum atomic E-state index is 11.5. The maximum Gasteiger partial charge on any atom is 0.230 e. The molecule has 0 atom stereocenters. The van der Waals surface area contributed by atoms with Gasteiger partial charge in [-0.15, -0.1) is 5.10 Å². The minimum absolute atomic E-state index is 0.0500. The summed E-state index contributed by atoms with van der Waals surface area (Å²) in [6.07, 6.45) is 4.70. The predicted octanol–water partition coefficient (Wildman–Crippen LogP) is 1.90. The second-order valence-electron chi connectivity index (χ2n) is 3.90. The number of hydrogen-bond donors (Lipinski definition) is 2. The fourth-order valence-electron chi connectivity index (χ4n) is 1.35. The number of nitrogens with zero attached hydrogens (tertiary/aromatic N) is 2. The summed E-state index contributed by atoms with van der Waals surface area (Å²) in [5, 5.41) is 10.2. The highest BCUT2D eigenvalue weighted by Crippen LogP contribution is 2.10. The van der Waals surface area contributed by atoms with Crippen molar-refractivity contribution in [2.75, 3.05) is 12.3 Å². The van der Waals surface area contributed by atoms with Crippen LogP contribution in [0.25, 0.3) is 0 Å². The monoisotopic (exact) mass is 256 g/mol. The molecule has 0 bridgehead atoms. The average Bonchev–Trinajstić information content (AvgIpc) is 2.72. The van der Waals surface area contributed by atoms with E-state index in [1.165, 1.54) is 31.0 Å². The van der Waals surface area contributed by atoms with Gasteiger partial charge < -0.3 is 5.32 Å². The molecule has 0 radical (unpaired) electrons. The predicted molar refractivity (Wildman–Crippen MR) is 69.0 cm³/mol. The Balaban J connectivity index is 2.05. The van der Waals surface area contributed by atoms with Gasteiger partial charge in [-0.25, -0.2) is 4.98 Å². The number of amides is 1. The molecule has 2 N–H and O–H groups in total. The molecule has 5 nitrogen and oxygen atoms in total. The zero-order chi connectivity index (χ0) is 12.5. The van der Waals surface area contributed by atoms with Crippen LogP contribution in [0.1, 0.15) is 38.4 Å². The van der Waals surface area contributed by atoms with Crippen LogP contribution in [-0.4, -0.2) is 33.4 Å². The quantitative estimate of drug-likeness (QED) is 0.550. The first-order valence-corrected chi connectivity index (χ1v) is 6.99. The van der Waals surface area contributed by atoms with Gasteiger partial charge in [0.05, 0.1) is 5.75 Å². The Hall–Kier alpha value is -1.04. The van der Waals surface area contributed by atoms with Gasteiger partial charge in [-0.1, -0.05) is 37.9 Å². The molecular weight excluding hydrogens is 236 g/mol. The normalized spacial score (nSPS) is 10.5. The van der Waals surface area contributed by atoms with Crippen molar-refractivity contribution in [3.63, 3.8) is 0 Å². The van der Waals surface area contributed by atoms with Crippen LogP contribution in [0.3, 0.4) is 0 Å². The standard InChI is InChI=1S/C11H20N4OS/c1-3-4-5-6-7-12-10(16)8-17-11-13-9(2)14-15-11/h3-8H2,1-2H3,(H,12,16)(H,13,14,15). The lowest BCUT2D eigenvalue weighted by Crippen LogP contribution is -2.26. The summed E-state index contributed by atoms with van der Waals surface area (Å²) in [5.41, 5.74) is 0. The zero-order valence-corrected chi connectivity index (χ0v) is 11.3. The highest BCUT2D eigenvalue weighted by atomic mass is 32.2. The van der Waals surface area contributed by atoms with Crippen molar-refractivity contribution in [1.82, 2.24) is 20.5 Å².